The van der Waals surface area contributed by atoms with E-state index in [4.69, 9.17) is 14.7 Å². The first-order valence-corrected chi connectivity index (χ1v) is 4.61. The van der Waals surface area contributed by atoms with Gasteiger partial charge in [0, 0.05) is 11.6 Å². The van der Waals surface area contributed by atoms with E-state index >= 15 is 0 Å². The third-order valence-electron chi connectivity index (χ3n) is 1.70. The van der Waals surface area contributed by atoms with E-state index in [2.05, 4.69) is 21.1 Å². The number of oxime groups is 1. The number of hydrogen-bond donors (Lipinski definition) is 1. The molecule has 0 radical (unpaired) electrons. The summed E-state index contributed by atoms with van der Waals surface area (Å²) in [6.45, 7) is 0. The van der Waals surface area contributed by atoms with Gasteiger partial charge < -0.3 is 14.7 Å². The van der Waals surface area contributed by atoms with Gasteiger partial charge in [0.05, 0.1) is 24.9 Å². The molecule has 0 aliphatic carbocycles. The molecule has 0 fully saturated rings. The number of hydrogen-bond acceptors (Lipinski definition) is 4. The molecule has 0 heterocycles. The van der Waals surface area contributed by atoms with Crippen LogP contribution in [-0.2, 0) is 0 Å². The highest BCUT2D eigenvalue weighted by atomic mass is 79.9. The fourth-order valence-electron chi connectivity index (χ4n) is 1.05. The van der Waals surface area contributed by atoms with Crippen LogP contribution in [0.5, 0.6) is 11.5 Å². The molecule has 0 saturated carbocycles. The van der Waals surface area contributed by atoms with Crippen molar-refractivity contribution >= 4 is 22.1 Å². The van der Waals surface area contributed by atoms with Crippen LogP contribution in [0.25, 0.3) is 0 Å². The zero-order chi connectivity index (χ0) is 10.6. The van der Waals surface area contributed by atoms with Crippen molar-refractivity contribution < 1.29 is 14.7 Å². The summed E-state index contributed by atoms with van der Waals surface area (Å²) in [5.41, 5.74) is 0.669. The summed E-state index contributed by atoms with van der Waals surface area (Å²) in [5, 5.41) is 11.4. The molecule has 0 atom stereocenters. The summed E-state index contributed by atoms with van der Waals surface area (Å²) in [7, 11) is 3.11. The summed E-state index contributed by atoms with van der Waals surface area (Å²) in [6, 6.07) is 3.46. The van der Waals surface area contributed by atoms with Crippen molar-refractivity contribution in [1.29, 1.82) is 0 Å². The van der Waals surface area contributed by atoms with E-state index in [9.17, 15) is 0 Å². The Balaban J connectivity index is 3.24. The van der Waals surface area contributed by atoms with Crippen molar-refractivity contribution in [2.45, 2.75) is 0 Å². The van der Waals surface area contributed by atoms with Crippen LogP contribution in [0.2, 0.25) is 0 Å². The number of halogens is 1. The van der Waals surface area contributed by atoms with E-state index in [1.807, 2.05) is 0 Å². The molecule has 0 unspecified atom stereocenters. The summed E-state index contributed by atoms with van der Waals surface area (Å²) < 4.78 is 11.0. The first kappa shape index (κ1) is 10.8. The first-order chi connectivity index (χ1) is 6.72. The van der Waals surface area contributed by atoms with Crippen LogP contribution in [0.15, 0.2) is 21.8 Å². The number of methoxy groups -OCH3 is 2. The highest BCUT2D eigenvalue weighted by molar-refractivity contribution is 9.10. The van der Waals surface area contributed by atoms with Crippen LogP contribution in [0.4, 0.5) is 0 Å². The molecular formula is C9H10BrNO3. The second-order valence-electron chi connectivity index (χ2n) is 2.47. The molecule has 1 rings (SSSR count). The minimum absolute atomic E-state index is 0.586. The summed E-state index contributed by atoms with van der Waals surface area (Å²) in [4.78, 5) is 0. The monoisotopic (exact) mass is 259 g/mol. The highest BCUT2D eigenvalue weighted by Crippen LogP contribution is 2.31. The minimum Gasteiger partial charge on any atom is -0.496 e. The average molecular weight is 260 g/mol. The molecule has 1 aromatic carbocycles. The summed E-state index contributed by atoms with van der Waals surface area (Å²) in [5.74, 6) is 1.25. The first-order valence-electron chi connectivity index (χ1n) is 3.82. The van der Waals surface area contributed by atoms with E-state index in [0.29, 0.717) is 17.1 Å². The van der Waals surface area contributed by atoms with Gasteiger partial charge in [0.15, 0.2) is 0 Å². The summed E-state index contributed by atoms with van der Waals surface area (Å²) >= 11 is 3.32. The smallest absolute Gasteiger partial charge is 0.136 e. The lowest BCUT2D eigenvalue weighted by Crippen LogP contribution is -1.93. The average Bonchev–Trinajstić information content (AvgIpc) is 2.19. The maximum atomic E-state index is 8.42. The van der Waals surface area contributed by atoms with Crippen molar-refractivity contribution in [3.63, 3.8) is 0 Å². The molecule has 14 heavy (non-hydrogen) atoms. The lowest BCUT2D eigenvalue weighted by molar-refractivity contribution is 0.321. The molecule has 1 N–H and O–H groups in total. The van der Waals surface area contributed by atoms with Gasteiger partial charge in [-0.25, -0.2) is 0 Å². The molecule has 0 aliphatic rings. The molecule has 76 valence electrons. The third-order valence-corrected chi connectivity index (χ3v) is 2.32. The van der Waals surface area contributed by atoms with Gasteiger partial charge in [-0.1, -0.05) is 5.16 Å². The second kappa shape index (κ2) is 4.85. The zero-order valence-corrected chi connectivity index (χ0v) is 9.41. The quantitative estimate of drug-likeness (QED) is 0.515. The fraction of sp³-hybridized carbons (Fsp3) is 0.222. The van der Waals surface area contributed by atoms with Crippen molar-refractivity contribution in [3.8, 4) is 11.5 Å². The van der Waals surface area contributed by atoms with Crippen molar-refractivity contribution in [3.05, 3.63) is 22.2 Å². The molecule has 0 aliphatic heterocycles. The van der Waals surface area contributed by atoms with Crippen molar-refractivity contribution in [2.75, 3.05) is 14.2 Å². The Morgan fingerprint density at radius 1 is 1.29 bits per heavy atom. The number of benzene rings is 1. The van der Waals surface area contributed by atoms with E-state index in [0.717, 1.165) is 4.47 Å². The number of nitrogens with zero attached hydrogens (tertiary/aromatic N) is 1. The Hall–Kier alpha value is -1.23. The molecular weight excluding hydrogens is 250 g/mol. The normalized spacial score (nSPS) is 10.5. The van der Waals surface area contributed by atoms with E-state index in [1.165, 1.54) is 13.3 Å². The maximum absolute atomic E-state index is 8.42. The van der Waals surface area contributed by atoms with Crippen molar-refractivity contribution in [2.24, 2.45) is 5.16 Å². The van der Waals surface area contributed by atoms with Gasteiger partial charge in [0.1, 0.15) is 11.5 Å². The third kappa shape index (κ3) is 2.17. The molecule has 0 spiro atoms. The standard InChI is InChI=1S/C9H10BrNO3/c1-13-8-4-9(14-2)7(10)3-6(8)5-11-12/h3-5,12H,1-2H3. The molecule has 0 bridgehead atoms. The summed E-state index contributed by atoms with van der Waals surface area (Å²) in [6.07, 6.45) is 1.29. The van der Waals surface area contributed by atoms with E-state index in [1.54, 1.807) is 19.2 Å². The highest BCUT2D eigenvalue weighted by Gasteiger charge is 2.07. The lowest BCUT2D eigenvalue weighted by atomic mass is 10.2. The second-order valence-corrected chi connectivity index (χ2v) is 3.33. The van der Waals surface area contributed by atoms with Crippen LogP contribution >= 0.6 is 15.9 Å². The predicted octanol–water partition coefficient (Wildman–Crippen LogP) is 2.27. The van der Waals surface area contributed by atoms with Gasteiger partial charge in [-0.3, -0.25) is 0 Å². The van der Waals surface area contributed by atoms with Gasteiger partial charge >= 0.3 is 0 Å². The Morgan fingerprint density at radius 3 is 2.43 bits per heavy atom. The SMILES string of the molecule is COc1cc(OC)c(C=NO)cc1Br. The van der Waals surface area contributed by atoms with Gasteiger partial charge in [-0.2, -0.15) is 0 Å². The number of rotatable bonds is 3. The zero-order valence-electron chi connectivity index (χ0n) is 7.82. The van der Waals surface area contributed by atoms with E-state index < -0.39 is 0 Å². The van der Waals surface area contributed by atoms with Crippen LogP contribution < -0.4 is 9.47 Å². The lowest BCUT2D eigenvalue weighted by Gasteiger charge is -2.08. The minimum atomic E-state index is 0.586. The molecule has 4 nitrogen and oxygen atoms in total. The number of ether oxygens (including phenoxy) is 2. The Morgan fingerprint density at radius 2 is 1.93 bits per heavy atom. The molecule has 0 amide bonds. The van der Waals surface area contributed by atoms with Crippen molar-refractivity contribution in [1.82, 2.24) is 0 Å². The maximum Gasteiger partial charge on any atom is 0.136 e. The predicted molar refractivity (Wildman–Crippen MR) is 56.6 cm³/mol. The van der Waals surface area contributed by atoms with E-state index in [-0.39, 0.29) is 0 Å². The Bertz CT molecular complexity index is 352. The van der Waals surface area contributed by atoms with Gasteiger partial charge in [-0.05, 0) is 22.0 Å². The van der Waals surface area contributed by atoms with Gasteiger partial charge in [-0.15, -0.1) is 0 Å². The molecule has 1 aromatic rings. The Labute approximate surface area is 90.3 Å². The van der Waals surface area contributed by atoms with Crippen LogP contribution in [0.1, 0.15) is 5.56 Å². The fourth-order valence-corrected chi connectivity index (χ4v) is 1.57. The van der Waals surface area contributed by atoms with Crippen LogP contribution in [0.3, 0.4) is 0 Å². The molecule has 0 aromatic heterocycles. The topological polar surface area (TPSA) is 51.0 Å². The molecule has 5 heteroatoms. The van der Waals surface area contributed by atoms with Crippen LogP contribution in [-0.4, -0.2) is 25.6 Å². The van der Waals surface area contributed by atoms with Crippen LogP contribution in [0, 0.1) is 0 Å². The van der Waals surface area contributed by atoms with Gasteiger partial charge in [0.25, 0.3) is 0 Å². The largest absolute Gasteiger partial charge is 0.496 e. The van der Waals surface area contributed by atoms with Gasteiger partial charge in [0.2, 0.25) is 0 Å². The Kier molecular flexibility index (Phi) is 3.76. The molecule has 0 saturated heterocycles.